The van der Waals surface area contributed by atoms with Gasteiger partial charge in [-0.15, -0.1) is 20.5 Å². The van der Waals surface area contributed by atoms with E-state index in [4.69, 9.17) is 16.8 Å². The van der Waals surface area contributed by atoms with Crippen LogP contribution in [-0.4, -0.2) is 115 Å². The number of aromatic nitrogens is 2. The molecular formula is C96H154N12O8. The number of nitrogens with zero attached hydrogens (tertiary/aromatic N) is 12. The highest BCUT2D eigenvalue weighted by Crippen LogP contribution is 2.39. The van der Waals surface area contributed by atoms with Crippen LogP contribution in [0.25, 0.3) is 4.85 Å². The third kappa shape index (κ3) is 30.1. The van der Waals surface area contributed by atoms with Gasteiger partial charge in [0.1, 0.15) is 17.3 Å². The summed E-state index contributed by atoms with van der Waals surface area (Å²) in [6.45, 7) is 49.3. The standard InChI is InChI=1S/C96H154N12O8/c1-20-36-44-71(28-9)61-103(62-72(29-10)45-37-21-2)89(109)79-52-54-84(81(58-79)91(111)105(65-75(32-13)48-40-24-5)66-76(33-14)49-41-25-6)99-101-87-69(17)83(60-97)93(113)107(95(87)115)56-57-108-94(114)86(98-19)70(18)88(96(108)116)102-100-85-55-53-80(90(110)104(63-73(30-11)46-38-22-3)64-74(31-12)47-39-23-4)59-82(85)92(112)106(67-77(34-15)50-42-26-7)68-78(35-16)51-43-27-8/h52-55,58-59,71-78,115-116H,20-51,56-57,61-68H2,1-18H3/b101-99+,102-100+. The summed E-state index contributed by atoms with van der Waals surface area (Å²) in [5.41, 5.74) is -2.01. The predicted molar refractivity (Wildman–Crippen MR) is 476 cm³/mol. The van der Waals surface area contributed by atoms with Crippen molar-refractivity contribution in [3.63, 3.8) is 0 Å². The molecule has 0 aliphatic carbocycles. The molecule has 0 saturated carbocycles. The first-order valence-electron chi connectivity index (χ1n) is 45.9. The molecule has 0 spiro atoms. The van der Waals surface area contributed by atoms with E-state index in [2.05, 4.69) is 126 Å². The van der Waals surface area contributed by atoms with Gasteiger partial charge < -0.3 is 29.8 Å². The highest BCUT2D eigenvalue weighted by atomic mass is 16.3. The number of unbranched alkanes of at least 4 members (excludes halogenated alkanes) is 8. The maximum atomic E-state index is 15.9. The molecule has 0 aliphatic rings. The van der Waals surface area contributed by atoms with E-state index >= 15 is 19.2 Å². The molecule has 2 aromatic heterocycles. The van der Waals surface area contributed by atoms with E-state index in [0.717, 1.165) is 215 Å². The van der Waals surface area contributed by atoms with E-state index in [1.165, 1.54) is 13.8 Å². The first kappa shape index (κ1) is 100. The van der Waals surface area contributed by atoms with Crippen molar-refractivity contribution in [1.29, 1.82) is 5.26 Å². The van der Waals surface area contributed by atoms with Crippen LogP contribution >= 0.6 is 0 Å². The van der Waals surface area contributed by atoms with Gasteiger partial charge in [0, 0.05) is 82.1 Å². The molecule has 0 aliphatic heterocycles. The molecule has 8 atom stereocenters. The van der Waals surface area contributed by atoms with Crippen molar-refractivity contribution in [1.82, 2.24) is 28.7 Å². The molecule has 20 heteroatoms. The monoisotopic (exact) mass is 1600 g/mol. The Bertz CT molecular complexity index is 3600. The minimum absolute atomic E-state index is 0.00564. The molecule has 4 rings (SSSR count). The number of amides is 4. The summed E-state index contributed by atoms with van der Waals surface area (Å²) in [6, 6.07) is 11.9. The summed E-state index contributed by atoms with van der Waals surface area (Å²) in [5.74, 6) is -0.429. The highest BCUT2D eigenvalue weighted by Gasteiger charge is 2.33. The Morgan fingerprint density at radius 3 is 0.888 bits per heavy atom. The fourth-order valence-electron chi connectivity index (χ4n) is 16.3. The van der Waals surface area contributed by atoms with Gasteiger partial charge in [-0.05, 0) is 155 Å². The lowest BCUT2D eigenvalue weighted by Crippen LogP contribution is -2.40. The van der Waals surface area contributed by atoms with Crippen molar-refractivity contribution in [2.45, 2.75) is 343 Å². The Morgan fingerprint density at radius 2 is 0.647 bits per heavy atom. The number of benzene rings is 2. The zero-order valence-electron chi connectivity index (χ0n) is 75.5. The van der Waals surface area contributed by atoms with Gasteiger partial charge >= 0.3 is 0 Å². The Morgan fingerprint density at radius 1 is 0.397 bits per heavy atom. The Hall–Kier alpha value is -8.00. The molecule has 0 fully saturated rings. The van der Waals surface area contributed by atoms with E-state index < -0.39 is 47.2 Å². The van der Waals surface area contributed by atoms with Gasteiger partial charge in [0.15, 0.2) is 5.69 Å². The van der Waals surface area contributed by atoms with Gasteiger partial charge in [-0.2, -0.15) is 5.26 Å². The Balaban J connectivity index is 2.06. The average Bonchev–Trinajstić information content (AvgIpc) is 0.776. The Kier molecular flexibility index (Phi) is 47.5. The number of carbonyl (C=O) groups is 4. The number of aromatic hydroxyl groups is 2. The van der Waals surface area contributed by atoms with E-state index in [1.54, 1.807) is 36.4 Å². The number of hydrogen-bond donors (Lipinski definition) is 2. The molecular weight excluding hydrogens is 1450 g/mol. The summed E-state index contributed by atoms with van der Waals surface area (Å²) in [5, 5.41) is 54.4. The predicted octanol–water partition coefficient (Wildman–Crippen LogP) is 25.5. The lowest BCUT2D eigenvalue weighted by Gasteiger charge is -2.32. The number of azo groups is 2. The quantitative estimate of drug-likeness (QED) is 0.0315. The van der Waals surface area contributed by atoms with Gasteiger partial charge in [-0.1, -0.05) is 265 Å². The second-order valence-corrected chi connectivity index (χ2v) is 33.5. The lowest BCUT2D eigenvalue weighted by molar-refractivity contribution is 0.0669. The van der Waals surface area contributed by atoms with Crippen molar-refractivity contribution < 1.29 is 29.4 Å². The van der Waals surface area contributed by atoms with Crippen LogP contribution in [0.15, 0.2) is 66.4 Å². The van der Waals surface area contributed by atoms with Crippen LogP contribution in [0.1, 0.15) is 374 Å². The minimum atomic E-state index is -0.932. The molecule has 0 saturated heterocycles. The first-order valence-corrected chi connectivity index (χ1v) is 45.9. The third-order valence-corrected chi connectivity index (χ3v) is 24.8. The van der Waals surface area contributed by atoms with Crippen LogP contribution in [0, 0.1) is 79.1 Å². The average molecular weight is 1600 g/mol. The smallest absolute Gasteiger partial charge is 0.271 e. The summed E-state index contributed by atoms with van der Waals surface area (Å²) in [6.07, 6.45) is 31.3. The number of nitriles is 1. The van der Waals surface area contributed by atoms with E-state index in [0.29, 0.717) is 63.5 Å². The van der Waals surface area contributed by atoms with Gasteiger partial charge in [-0.25, -0.2) is 4.85 Å². The van der Waals surface area contributed by atoms with Crippen LogP contribution in [0.2, 0.25) is 0 Å². The van der Waals surface area contributed by atoms with Gasteiger partial charge in [0.2, 0.25) is 11.8 Å². The molecule has 4 aromatic rings. The summed E-state index contributed by atoms with van der Waals surface area (Å²) in [7, 11) is 0. The first-order chi connectivity index (χ1) is 55.9. The fourth-order valence-corrected chi connectivity index (χ4v) is 16.3. The van der Waals surface area contributed by atoms with Crippen molar-refractivity contribution in [2.24, 2.45) is 67.8 Å². The second-order valence-electron chi connectivity index (χ2n) is 33.5. The number of carbonyl (C=O) groups excluding carboxylic acids is 4. The number of rotatable bonds is 59. The van der Waals surface area contributed by atoms with Gasteiger partial charge in [0.25, 0.3) is 40.4 Å². The zero-order chi connectivity index (χ0) is 85.8. The minimum Gasteiger partial charge on any atom is -0.493 e. The normalized spacial score (nSPS) is 13.8. The zero-order valence-corrected chi connectivity index (χ0v) is 75.5. The van der Waals surface area contributed by atoms with Crippen LogP contribution in [0.4, 0.5) is 28.4 Å². The molecule has 0 bridgehead atoms. The molecule has 8 unspecified atom stereocenters. The SMILES string of the molecule is [C-]#[N+]c1c(C)c(/N=N/c2ccc(C(=O)N(CC(CC)CCCC)CC(CC)CCCC)cc2C(=O)N(CC(CC)CCCC)CC(CC)CCCC)c(O)n(CCn2c(O)c(/N=N/c3ccc(C(=O)N(CC(CC)CCCC)CC(CC)CCCC)cc3C(=O)N(CC(CC)CCCC)CC(CC)CCCC)c(C)c(C#N)c2=O)c1=O. The fraction of sp³-hybridized carbons (Fsp3) is 0.708. The van der Waals surface area contributed by atoms with Crippen LogP contribution < -0.4 is 11.1 Å². The maximum absolute atomic E-state index is 15.9. The number of hydrogen-bond acceptors (Lipinski definition) is 13. The van der Waals surface area contributed by atoms with Gasteiger partial charge in [-0.3, -0.25) is 37.9 Å². The summed E-state index contributed by atoms with van der Waals surface area (Å²) in [4.78, 5) is 103. The van der Waals surface area contributed by atoms with Crippen molar-refractivity contribution in [3.8, 4) is 17.8 Å². The molecule has 2 heterocycles. The van der Waals surface area contributed by atoms with Crippen LogP contribution in [0.3, 0.4) is 0 Å². The largest absolute Gasteiger partial charge is 0.493 e. The molecule has 2 aromatic carbocycles. The number of pyridine rings is 2. The molecule has 4 amide bonds. The molecule has 116 heavy (non-hydrogen) atoms. The Labute approximate surface area is 700 Å². The van der Waals surface area contributed by atoms with Crippen molar-refractivity contribution in [2.75, 3.05) is 52.4 Å². The molecule has 646 valence electrons. The summed E-state index contributed by atoms with van der Waals surface area (Å²) < 4.78 is 1.72. The van der Waals surface area contributed by atoms with Gasteiger partial charge in [0.05, 0.1) is 29.1 Å². The highest BCUT2D eigenvalue weighted by molar-refractivity contribution is 6.04. The van der Waals surface area contributed by atoms with E-state index in [-0.39, 0.29) is 116 Å². The topological polar surface area (TPSA) is 243 Å². The molecule has 0 radical (unpaired) electrons. The second kappa shape index (κ2) is 54.9. The molecule has 20 nitrogen and oxygen atoms in total. The maximum Gasteiger partial charge on any atom is 0.271 e. The van der Waals surface area contributed by atoms with Crippen LogP contribution in [0.5, 0.6) is 11.8 Å². The van der Waals surface area contributed by atoms with Crippen molar-refractivity contribution in [3.05, 3.63) is 107 Å². The molecule has 2 N–H and O–H groups in total. The van der Waals surface area contributed by atoms with E-state index in [1.807, 2.05) is 25.7 Å². The van der Waals surface area contributed by atoms with Crippen molar-refractivity contribution >= 4 is 52.1 Å². The van der Waals surface area contributed by atoms with Crippen LogP contribution in [-0.2, 0) is 13.1 Å². The third-order valence-electron chi connectivity index (χ3n) is 24.8. The summed E-state index contributed by atoms with van der Waals surface area (Å²) >= 11 is 0. The van der Waals surface area contributed by atoms with E-state index in [9.17, 15) is 25.1 Å². The lowest BCUT2D eigenvalue weighted by atomic mass is 9.94.